The maximum atomic E-state index is 14.1. The highest BCUT2D eigenvalue weighted by atomic mass is 79.9. The number of hydrogen-bond donors (Lipinski definition) is 0. The quantitative estimate of drug-likeness (QED) is 0.703. The third-order valence-electron chi connectivity index (χ3n) is 3.57. The van der Waals surface area contributed by atoms with Crippen LogP contribution in [0, 0.1) is 5.82 Å². The van der Waals surface area contributed by atoms with Crippen LogP contribution in [0.5, 0.6) is 5.75 Å². The van der Waals surface area contributed by atoms with Crippen LogP contribution in [0.4, 0.5) is 9.18 Å². The third-order valence-corrected chi connectivity index (χ3v) is 4.19. The Morgan fingerprint density at radius 2 is 2.00 bits per heavy atom. The lowest BCUT2D eigenvalue weighted by Gasteiger charge is -2.27. The van der Waals surface area contributed by atoms with Crippen molar-refractivity contribution in [1.82, 2.24) is 4.90 Å². The van der Waals surface area contributed by atoms with Crippen molar-refractivity contribution in [1.29, 1.82) is 0 Å². The van der Waals surface area contributed by atoms with Gasteiger partial charge in [0.25, 0.3) is 0 Å². The number of hydrogen-bond acceptors (Lipinski definition) is 5. The minimum Gasteiger partial charge on any atom is -0.485 e. The topological polar surface area (TPSA) is 65.1 Å². The van der Waals surface area contributed by atoms with Crippen molar-refractivity contribution >= 4 is 28.0 Å². The summed E-state index contributed by atoms with van der Waals surface area (Å²) in [5.41, 5.74) is -0.701. The highest BCUT2D eigenvalue weighted by Gasteiger charge is 2.43. The Balaban J connectivity index is 2.16. The maximum Gasteiger partial charge on any atom is 0.411 e. The van der Waals surface area contributed by atoms with Crippen LogP contribution < -0.4 is 4.74 Å². The lowest BCUT2D eigenvalue weighted by Crippen LogP contribution is -2.44. The summed E-state index contributed by atoms with van der Waals surface area (Å²) >= 11 is 3.10. The van der Waals surface area contributed by atoms with Crippen LogP contribution in [0.15, 0.2) is 22.7 Å². The Morgan fingerprint density at radius 3 is 2.60 bits per heavy atom. The molecule has 1 aliphatic heterocycles. The second kappa shape index (κ2) is 7.59. The number of methoxy groups -OCH3 is 1. The molecule has 0 N–H and O–H groups in total. The second-order valence-corrected chi connectivity index (χ2v) is 7.55. The molecule has 0 spiro atoms. The van der Waals surface area contributed by atoms with Crippen LogP contribution in [0.1, 0.15) is 27.2 Å². The molecule has 0 saturated carbocycles. The van der Waals surface area contributed by atoms with E-state index in [4.69, 9.17) is 14.2 Å². The molecule has 1 heterocycles. The van der Waals surface area contributed by atoms with Gasteiger partial charge in [0.2, 0.25) is 0 Å². The number of halogens is 2. The predicted octanol–water partition coefficient (Wildman–Crippen LogP) is 3.52. The SMILES string of the molecule is COC(=O)C1CC(Oc2cccc(Br)c2F)CN1C(=O)OC(C)(C)C. The zero-order chi connectivity index (χ0) is 18.8. The van der Waals surface area contributed by atoms with Gasteiger partial charge in [0.05, 0.1) is 18.1 Å². The number of carbonyl (C=O) groups excluding carboxylic acids is 2. The molecule has 1 fully saturated rings. The lowest BCUT2D eigenvalue weighted by atomic mass is 10.2. The third kappa shape index (κ3) is 4.84. The van der Waals surface area contributed by atoms with E-state index in [9.17, 15) is 14.0 Å². The number of likely N-dealkylation sites (tertiary alicyclic amines) is 1. The van der Waals surface area contributed by atoms with Gasteiger partial charge in [-0.05, 0) is 48.8 Å². The molecule has 1 aliphatic rings. The minimum absolute atomic E-state index is 0.0500. The van der Waals surface area contributed by atoms with E-state index in [1.165, 1.54) is 18.1 Å². The van der Waals surface area contributed by atoms with Crippen molar-refractivity contribution < 1.29 is 28.2 Å². The molecule has 1 aromatic carbocycles. The van der Waals surface area contributed by atoms with E-state index in [2.05, 4.69) is 15.9 Å². The molecule has 25 heavy (non-hydrogen) atoms. The number of carbonyl (C=O) groups is 2. The molecular formula is C17H21BrFNO5. The van der Waals surface area contributed by atoms with E-state index >= 15 is 0 Å². The van der Waals surface area contributed by atoms with E-state index in [1.807, 2.05) is 0 Å². The average Bonchev–Trinajstić information content (AvgIpc) is 2.93. The molecule has 1 saturated heterocycles. The van der Waals surface area contributed by atoms with E-state index in [0.717, 1.165) is 0 Å². The van der Waals surface area contributed by atoms with Gasteiger partial charge in [-0.1, -0.05) is 6.07 Å². The average molecular weight is 418 g/mol. The lowest BCUT2D eigenvalue weighted by molar-refractivity contribution is -0.145. The molecule has 0 aliphatic carbocycles. The predicted molar refractivity (Wildman–Crippen MR) is 91.9 cm³/mol. The molecule has 0 aromatic heterocycles. The number of esters is 1. The molecule has 138 valence electrons. The highest BCUT2D eigenvalue weighted by Crippen LogP contribution is 2.29. The Bertz CT molecular complexity index is 661. The molecule has 6 nitrogen and oxygen atoms in total. The van der Waals surface area contributed by atoms with Crippen molar-refractivity contribution in [3.8, 4) is 5.75 Å². The minimum atomic E-state index is -0.833. The number of rotatable bonds is 3. The van der Waals surface area contributed by atoms with Crippen molar-refractivity contribution in [2.24, 2.45) is 0 Å². The van der Waals surface area contributed by atoms with E-state index < -0.39 is 35.6 Å². The zero-order valence-corrected chi connectivity index (χ0v) is 16.1. The summed E-state index contributed by atoms with van der Waals surface area (Å²) in [5, 5.41) is 0. The van der Waals surface area contributed by atoms with Crippen molar-refractivity contribution in [3.05, 3.63) is 28.5 Å². The summed E-state index contributed by atoms with van der Waals surface area (Å²) in [7, 11) is 1.25. The fraction of sp³-hybridized carbons (Fsp3) is 0.529. The van der Waals surface area contributed by atoms with Gasteiger partial charge in [-0.25, -0.2) is 14.0 Å². The fourth-order valence-electron chi connectivity index (χ4n) is 2.52. The maximum absolute atomic E-state index is 14.1. The Kier molecular flexibility index (Phi) is 5.92. The number of benzene rings is 1. The van der Waals surface area contributed by atoms with Crippen LogP contribution in [0.25, 0.3) is 0 Å². The smallest absolute Gasteiger partial charge is 0.411 e. The van der Waals surface area contributed by atoms with Gasteiger partial charge >= 0.3 is 12.1 Å². The van der Waals surface area contributed by atoms with Gasteiger partial charge in [0.1, 0.15) is 17.7 Å². The second-order valence-electron chi connectivity index (χ2n) is 6.70. The van der Waals surface area contributed by atoms with Crippen LogP contribution in [0.2, 0.25) is 0 Å². The zero-order valence-electron chi connectivity index (χ0n) is 14.5. The normalized spacial score (nSPS) is 20.3. The molecule has 1 amide bonds. The van der Waals surface area contributed by atoms with Crippen LogP contribution in [0.3, 0.4) is 0 Å². The molecule has 1 aromatic rings. The van der Waals surface area contributed by atoms with Gasteiger partial charge < -0.3 is 14.2 Å². The highest BCUT2D eigenvalue weighted by molar-refractivity contribution is 9.10. The first-order chi connectivity index (χ1) is 11.6. The number of ether oxygens (including phenoxy) is 3. The Hall–Kier alpha value is -1.83. The summed E-state index contributed by atoms with van der Waals surface area (Å²) < 4.78 is 30.1. The van der Waals surface area contributed by atoms with Crippen LogP contribution in [-0.4, -0.2) is 48.4 Å². The fourth-order valence-corrected chi connectivity index (χ4v) is 2.87. The van der Waals surface area contributed by atoms with Crippen molar-refractivity contribution in [3.63, 3.8) is 0 Å². The van der Waals surface area contributed by atoms with Gasteiger partial charge in [-0.15, -0.1) is 0 Å². The van der Waals surface area contributed by atoms with Crippen LogP contribution >= 0.6 is 15.9 Å². The Labute approximate surface area is 154 Å². The van der Waals surface area contributed by atoms with Gasteiger partial charge in [-0.2, -0.15) is 0 Å². The largest absolute Gasteiger partial charge is 0.485 e. The van der Waals surface area contributed by atoms with Crippen molar-refractivity contribution in [2.45, 2.75) is 44.9 Å². The van der Waals surface area contributed by atoms with Gasteiger partial charge in [0, 0.05) is 6.42 Å². The van der Waals surface area contributed by atoms with Gasteiger partial charge in [-0.3, -0.25) is 4.90 Å². The summed E-state index contributed by atoms with van der Waals surface area (Å²) in [4.78, 5) is 25.6. The first-order valence-electron chi connectivity index (χ1n) is 7.80. The molecular weight excluding hydrogens is 397 g/mol. The summed E-state index contributed by atoms with van der Waals surface area (Å²) in [6.45, 7) is 5.30. The summed E-state index contributed by atoms with van der Waals surface area (Å²) in [5.74, 6) is -1.05. The summed E-state index contributed by atoms with van der Waals surface area (Å²) in [6, 6.07) is 3.85. The standard InChI is InChI=1S/C17H21BrFNO5/c1-17(2,3)25-16(22)20-9-10(8-12(20)15(21)23-4)24-13-7-5-6-11(18)14(13)19/h5-7,10,12H,8-9H2,1-4H3. The van der Waals surface area contributed by atoms with E-state index in [-0.39, 0.29) is 23.2 Å². The molecule has 0 radical (unpaired) electrons. The monoisotopic (exact) mass is 417 g/mol. The molecule has 2 atom stereocenters. The Morgan fingerprint density at radius 1 is 1.32 bits per heavy atom. The molecule has 8 heteroatoms. The first-order valence-corrected chi connectivity index (χ1v) is 8.60. The van der Waals surface area contributed by atoms with Gasteiger partial charge in [0.15, 0.2) is 11.6 Å². The molecule has 2 rings (SSSR count). The molecule has 0 bridgehead atoms. The molecule has 2 unspecified atom stereocenters. The summed E-state index contributed by atoms with van der Waals surface area (Å²) in [6.07, 6.45) is -0.998. The van der Waals surface area contributed by atoms with Crippen LogP contribution in [-0.2, 0) is 14.3 Å². The number of nitrogens with zero attached hydrogens (tertiary/aromatic N) is 1. The van der Waals surface area contributed by atoms with E-state index in [1.54, 1.807) is 32.9 Å². The number of amides is 1. The van der Waals surface area contributed by atoms with Crippen molar-refractivity contribution in [2.75, 3.05) is 13.7 Å². The first kappa shape index (κ1) is 19.5. The van der Waals surface area contributed by atoms with E-state index in [0.29, 0.717) is 0 Å².